The van der Waals surface area contributed by atoms with Gasteiger partial charge >= 0.3 is 5.69 Å². The average molecular weight is 158 g/mol. The Balaban J connectivity index is 3.74. The van der Waals surface area contributed by atoms with Crippen molar-refractivity contribution in [2.45, 2.75) is 6.92 Å². The normalized spacial score (nSPS) is 10.1. The lowest BCUT2D eigenvalue weighted by molar-refractivity contribution is 0.544. The van der Waals surface area contributed by atoms with Crippen molar-refractivity contribution < 1.29 is 4.39 Å². The number of H-pyrrole nitrogens is 1. The zero-order chi connectivity index (χ0) is 8.59. The monoisotopic (exact) mass is 158 g/mol. The molecule has 1 aromatic heterocycles. The van der Waals surface area contributed by atoms with Crippen molar-refractivity contribution in [2.75, 3.05) is 0 Å². The van der Waals surface area contributed by atoms with Gasteiger partial charge in [0.05, 0.1) is 5.56 Å². The fraction of sp³-hybridized carbons (Fsp3) is 0.333. The maximum atomic E-state index is 12.6. The highest BCUT2D eigenvalue weighted by molar-refractivity contribution is 5.02. The van der Waals surface area contributed by atoms with Crippen molar-refractivity contribution in [3.05, 3.63) is 32.3 Å². The van der Waals surface area contributed by atoms with E-state index in [-0.39, 0.29) is 5.56 Å². The van der Waals surface area contributed by atoms with Gasteiger partial charge in [0, 0.05) is 7.05 Å². The first-order chi connectivity index (χ1) is 5.04. The molecule has 0 aliphatic rings. The highest BCUT2D eigenvalue weighted by Crippen LogP contribution is 1.89. The van der Waals surface area contributed by atoms with Crippen LogP contribution in [0.4, 0.5) is 4.39 Å². The Labute approximate surface area is 61.3 Å². The van der Waals surface area contributed by atoms with Crippen molar-refractivity contribution >= 4 is 0 Å². The zero-order valence-electron chi connectivity index (χ0n) is 6.14. The minimum Gasteiger partial charge on any atom is -0.283 e. The molecule has 1 N–H and O–H groups in total. The lowest BCUT2D eigenvalue weighted by atomic mass is 10.4. The van der Waals surface area contributed by atoms with E-state index in [4.69, 9.17) is 0 Å². The highest BCUT2D eigenvalue weighted by Gasteiger charge is 2.05. The van der Waals surface area contributed by atoms with Crippen LogP contribution in [0.2, 0.25) is 0 Å². The Morgan fingerprint density at radius 1 is 1.45 bits per heavy atom. The van der Waals surface area contributed by atoms with Gasteiger partial charge in [-0.3, -0.25) is 14.3 Å². The summed E-state index contributed by atoms with van der Waals surface area (Å²) in [4.78, 5) is 23.5. The quantitative estimate of drug-likeness (QED) is 0.518. The second kappa shape index (κ2) is 2.34. The van der Waals surface area contributed by atoms with E-state index in [9.17, 15) is 14.0 Å². The number of aromatic amines is 1. The van der Waals surface area contributed by atoms with Crippen LogP contribution in [0.1, 0.15) is 5.56 Å². The molecule has 0 radical (unpaired) electrons. The number of hydrogen-bond acceptors (Lipinski definition) is 2. The van der Waals surface area contributed by atoms with E-state index < -0.39 is 17.2 Å². The third-order valence-corrected chi connectivity index (χ3v) is 1.48. The summed E-state index contributed by atoms with van der Waals surface area (Å²) in [5, 5.41) is 0. The minimum atomic E-state index is -0.863. The molecule has 1 rings (SSSR count). The van der Waals surface area contributed by atoms with Crippen LogP contribution in [0.25, 0.3) is 0 Å². The molecule has 4 nitrogen and oxygen atoms in total. The van der Waals surface area contributed by atoms with Gasteiger partial charge in [-0.15, -0.1) is 0 Å². The first-order valence-corrected chi connectivity index (χ1v) is 2.99. The number of rotatable bonds is 0. The number of hydrogen-bond donors (Lipinski definition) is 1. The molecule has 0 spiro atoms. The Bertz CT molecular complexity index is 391. The van der Waals surface area contributed by atoms with Gasteiger partial charge in [-0.25, -0.2) is 4.79 Å². The Hall–Kier alpha value is -1.39. The van der Waals surface area contributed by atoms with Crippen molar-refractivity contribution in [3.8, 4) is 0 Å². The second-order valence-corrected chi connectivity index (χ2v) is 2.23. The molecular weight excluding hydrogens is 151 g/mol. The van der Waals surface area contributed by atoms with Gasteiger partial charge in [-0.05, 0) is 6.92 Å². The van der Waals surface area contributed by atoms with E-state index >= 15 is 0 Å². The smallest absolute Gasteiger partial charge is 0.283 e. The molecule has 0 saturated heterocycles. The molecule has 0 aromatic carbocycles. The van der Waals surface area contributed by atoms with E-state index in [2.05, 4.69) is 0 Å². The number of aromatic nitrogens is 2. The molecule has 1 heterocycles. The summed E-state index contributed by atoms with van der Waals surface area (Å²) < 4.78 is 13.4. The summed E-state index contributed by atoms with van der Waals surface area (Å²) in [6, 6.07) is 0. The lowest BCUT2D eigenvalue weighted by Crippen LogP contribution is -2.35. The molecule has 0 bridgehead atoms. The van der Waals surface area contributed by atoms with Crippen LogP contribution < -0.4 is 11.2 Å². The maximum Gasteiger partial charge on any atom is 0.330 e. The second-order valence-electron chi connectivity index (χ2n) is 2.23. The van der Waals surface area contributed by atoms with Crippen LogP contribution in [0.3, 0.4) is 0 Å². The summed E-state index contributed by atoms with van der Waals surface area (Å²) in [5.74, 6) is -0.863. The molecular formula is C6H7FN2O2. The SMILES string of the molecule is Cc1c(F)[nH]c(=O)n(C)c1=O. The van der Waals surface area contributed by atoms with E-state index in [1.807, 2.05) is 4.98 Å². The van der Waals surface area contributed by atoms with Crippen LogP contribution in [0.5, 0.6) is 0 Å². The summed E-state index contributed by atoms with van der Waals surface area (Å²) in [5.41, 5.74) is -1.42. The summed E-state index contributed by atoms with van der Waals surface area (Å²) in [6.45, 7) is 1.31. The van der Waals surface area contributed by atoms with Crippen molar-refractivity contribution in [2.24, 2.45) is 7.05 Å². The van der Waals surface area contributed by atoms with Crippen molar-refractivity contribution in [1.29, 1.82) is 0 Å². The molecule has 0 fully saturated rings. The summed E-state index contributed by atoms with van der Waals surface area (Å²) in [7, 11) is 1.29. The van der Waals surface area contributed by atoms with Gasteiger partial charge < -0.3 is 0 Å². The first-order valence-electron chi connectivity index (χ1n) is 2.99. The van der Waals surface area contributed by atoms with Gasteiger partial charge in [0.1, 0.15) is 0 Å². The molecule has 60 valence electrons. The van der Waals surface area contributed by atoms with Gasteiger partial charge in [0.15, 0.2) is 0 Å². The van der Waals surface area contributed by atoms with Gasteiger partial charge in [-0.2, -0.15) is 4.39 Å². The number of nitrogens with one attached hydrogen (secondary N) is 1. The number of halogens is 1. The van der Waals surface area contributed by atoms with Crippen LogP contribution in [-0.2, 0) is 7.05 Å². The fourth-order valence-corrected chi connectivity index (χ4v) is 0.709. The third-order valence-electron chi connectivity index (χ3n) is 1.48. The Kier molecular flexibility index (Phi) is 1.64. The van der Waals surface area contributed by atoms with Crippen LogP contribution >= 0.6 is 0 Å². The molecule has 0 atom stereocenters. The van der Waals surface area contributed by atoms with E-state index in [0.29, 0.717) is 0 Å². The van der Waals surface area contributed by atoms with Gasteiger partial charge in [0.25, 0.3) is 5.56 Å². The summed E-state index contributed by atoms with van der Waals surface area (Å²) in [6.07, 6.45) is 0. The lowest BCUT2D eigenvalue weighted by Gasteiger charge is -1.97. The Morgan fingerprint density at radius 2 is 2.00 bits per heavy atom. The largest absolute Gasteiger partial charge is 0.330 e. The van der Waals surface area contributed by atoms with Gasteiger partial charge in [-0.1, -0.05) is 0 Å². The molecule has 11 heavy (non-hydrogen) atoms. The van der Waals surface area contributed by atoms with Crippen molar-refractivity contribution in [1.82, 2.24) is 9.55 Å². The molecule has 0 saturated carbocycles. The molecule has 0 amide bonds. The van der Waals surface area contributed by atoms with E-state index in [1.54, 1.807) is 0 Å². The minimum absolute atomic E-state index is 0.0768. The van der Waals surface area contributed by atoms with Crippen LogP contribution in [0.15, 0.2) is 9.59 Å². The summed E-state index contributed by atoms with van der Waals surface area (Å²) >= 11 is 0. The molecule has 0 unspecified atom stereocenters. The predicted octanol–water partition coefficient (Wildman–Crippen LogP) is -0.479. The van der Waals surface area contributed by atoms with E-state index in [1.165, 1.54) is 14.0 Å². The standard InChI is InChI=1S/C6H7FN2O2/c1-3-4(7)8-6(11)9(2)5(3)10/h1-2H3,(H,8,11). The molecule has 1 aromatic rings. The molecule has 0 aliphatic heterocycles. The zero-order valence-corrected chi connectivity index (χ0v) is 6.14. The number of nitrogens with zero attached hydrogens (tertiary/aromatic N) is 1. The Morgan fingerprint density at radius 3 is 2.55 bits per heavy atom. The van der Waals surface area contributed by atoms with Gasteiger partial charge in [0.2, 0.25) is 5.95 Å². The third kappa shape index (κ3) is 1.09. The molecule has 5 heteroatoms. The van der Waals surface area contributed by atoms with Crippen molar-refractivity contribution in [3.63, 3.8) is 0 Å². The first kappa shape index (κ1) is 7.71. The van der Waals surface area contributed by atoms with Crippen LogP contribution in [0, 0.1) is 12.9 Å². The topological polar surface area (TPSA) is 54.9 Å². The predicted molar refractivity (Wildman–Crippen MR) is 37.0 cm³/mol. The van der Waals surface area contributed by atoms with Crippen LogP contribution in [-0.4, -0.2) is 9.55 Å². The maximum absolute atomic E-state index is 12.6. The fourth-order valence-electron chi connectivity index (χ4n) is 0.709. The average Bonchev–Trinajstić information content (AvgIpc) is 1.97. The van der Waals surface area contributed by atoms with E-state index in [0.717, 1.165) is 4.57 Å². The highest BCUT2D eigenvalue weighted by atomic mass is 19.1. The molecule has 0 aliphatic carbocycles.